The Balaban J connectivity index is 2.76. The fraction of sp³-hybridized carbons (Fsp3) is 0.647. The van der Waals surface area contributed by atoms with Crippen LogP contribution in [0, 0.1) is 19.8 Å². The molecule has 0 spiro atoms. The number of rotatable bonds is 7. The van der Waals surface area contributed by atoms with Gasteiger partial charge in [-0.3, -0.25) is 0 Å². The highest BCUT2D eigenvalue weighted by molar-refractivity contribution is 5.30. The monoisotopic (exact) mass is 263 g/mol. The highest BCUT2D eigenvalue weighted by Crippen LogP contribution is 2.19. The van der Waals surface area contributed by atoms with E-state index in [4.69, 9.17) is 4.74 Å². The predicted octanol–water partition coefficient (Wildman–Crippen LogP) is 4.02. The molecule has 0 amide bonds. The van der Waals surface area contributed by atoms with Gasteiger partial charge in [-0.05, 0) is 38.8 Å². The lowest BCUT2D eigenvalue weighted by Crippen LogP contribution is -2.28. The Labute approximate surface area is 118 Å². The first-order valence-electron chi connectivity index (χ1n) is 7.37. The molecule has 2 nitrogen and oxygen atoms in total. The van der Waals surface area contributed by atoms with Crippen molar-refractivity contribution in [2.24, 2.45) is 5.92 Å². The molecule has 2 atom stereocenters. The third-order valence-corrected chi connectivity index (χ3v) is 3.56. The second-order valence-corrected chi connectivity index (χ2v) is 5.81. The minimum Gasteiger partial charge on any atom is -0.376 e. The molecule has 0 saturated carbocycles. The smallest absolute Gasteiger partial charge is 0.0665 e. The van der Waals surface area contributed by atoms with E-state index in [1.54, 1.807) is 0 Å². The highest BCUT2D eigenvalue weighted by Gasteiger charge is 2.14. The third kappa shape index (κ3) is 5.33. The van der Waals surface area contributed by atoms with Gasteiger partial charge in [-0.1, -0.05) is 50.1 Å². The number of ether oxygens (including phenoxy) is 1. The minimum absolute atomic E-state index is 0.282. The van der Waals surface area contributed by atoms with Crippen LogP contribution in [-0.2, 0) is 4.74 Å². The molecule has 1 N–H and O–H groups in total. The van der Waals surface area contributed by atoms with Gasteiger partial charge in [0, 0.05) is 0 Å². The molecule has 0 fully saturated rings. The first-order chi connectivity index (χ1) is 8.93. The summed E-state index contributed by atoms with van der Waals surface area (Å²) in [5.74, 6) is 0.557. The van der Waals surface area contributed by atoms with E-state index in [2.05, 4.69) is 65.1 Å². The minimum atomic E-state index is 0.282. The summed E-state index contributed by atoms with van der Waals surface area (Å²) in [6.07, 6.45) is 0.298. The van der Waals surface area contributed by atoms with Crippen LogP contribution in [0.4, 0.5) is 0 Å². The van der Waals surface area contributed by atoms with Gasteiger partial charge in [-0.2, -0.15) is 0 Å². The summed E-state index contributed by atoms with van der Waals surface area (Å²) in [6.45, 7) is 14.7. The summed E-state index contributed by atoms with van der Waals surface area (Å²) in [7, 11) is 0. The molecule has 0 aliphatic heterocycles. The van der Waals surface area contributed by atoms with Crippen LogP contribution in [0.25, 0.3) is 0 Å². The molecular formula is C17H29NO. The van der Waals surface area contributed by atoms with E-state index in [1.165, 1.54) is 16.7 Å². The fourth-order valence-electron chi connectivity index (χ4n) is 2.17. The van der Waals surface area contributed by atoms with Gasteiger partial charge in [-0.15, -0.1) is 0 Å². The van der Waals surface area contributed by atoms with E-state index in [1.807, 2.05) is 0 Å². The zero-order valence-electron chi connectivity index (χ0n) is 13.3. The molecule has 0 saturated heterocycles. The second kappa shape index (κ2) is 7.66. The largest absolute Gasteiger partial charge is 0.376 e. The molecule has 2 heteroatoms. The first-order valence-corrected chi connectivity index (χ1v) is 7.37. The van der Waals surface area contributed by atoms with Crippen molar-refractivity contribution in [3.05, 3.63) is 34.9 Å². The molecule has 19 heavy (non-hydrogen) atoms. The number of aryl methyl sites for hydroxylation is 2. The first kappa shape index (κ1) is 16.2. The normalized spacial score (nSPS) is 14.7. The SMILES string of the molecule is CCNC(COC(C)C(C)C)c1cc(C)cc(C)c1. The summed E-state index contributed by atoms with van der Waals surface area (Å²) in [5.41, 5.74) is 3.96. The molecule has 1 aromatic rings. The third-order valence-electron chi connectivity index (χ3n) is 3.56. The molecule has 2 unspecified atom stereocenters. The Morgan fingerprint density at radius 2 is 1.63 bits per heavy atom. The summed E-state index contributed by atoms with van der Waals surface area (Å²) >= 11 is 0. The van der Waals surface area contributed by atoms with Crippen molar-refractivity contribution in [2.75, 3.05) is 13.2 Å². The average molecular weight is 263 g/mol. The highest BCUT2D eigenvalue weighted by atomic mass is 16.5. The van der Waals surface area contributed by atoms with Crippen molar-refractivity contribution >= 4 is 0 Å². The van der Waals surface area contributed by atoms with E-state index >= 15 is 0 Å². The van der Waals surface area contributed by atoms with Gasteiger partial charge in [0.2, 0.25) is 0 Å². The maximum atomic E-state index is 5.99. The zero-order valence-corrected chi connectivity index (χ0v) is 13.3. The van der Waals surface area contributed by atoms with Crippen LogP contribution in [0.2, 0.25) is 0 Å². The Bertz CT molecular complexity index is 367. The van der Waals surface area contributed by atoms with Crippen LogP contribution in [0.3, 0.4) is 0 Å². The molecule has 0 aliphatic carbocycles. The van der Waals surface area contributed by atoms with Crippen molar-refractivity contribution < 1.29 is 4.74 Å². The Morgan fingerprint density at radius 3 is 2.11 bits per heavy atom. The summed E-state index contributed by atoms with van der Waals surface area (Å²) in [6, 6.07) is 7.00. The van der Waals surface area contributed by atoms with E-state index in [0.29, 0.717) is 12.0 Å². The van der Waals surface area contributed by atoms with E-state index < -0.39 is 0 Å². The van der Waals surface area contributed by atoms with Crippen LogP contribution in [-0.4, -0.2) is 19.3 Å². The van der Waals surface area contributed by atoms with Gasteiger partial charge < -0.3 is 10.1 Å². The fourth-order valence-corrected chi connectivity index (χ4v) is 2.17. The maximum Gasteiger partial charge on any atom is 0.0665 e. The Kier molecular flexibility index (Phi) is 6.53. The van der Waals surface area contributed by atoms with Crippen molar-refractivity contribution in [1.29, 1.82) is 0 Å². The van der Waals surface area contributed by atoms with Gasteiger partial charge in [0.15, 0.2) is 0 Å². The lowest BCUT2D eigenvalue weighted by atomic mass is 10.0. The standard InChI is InChI=1S/C17H29NO/c1-7-18-17(11-19-15(6)12(2)3)16-9-13(4)8-14(5)10-16/h8-10,12,15,17-18H,7,11H2,1-6H3. The van der Waals surface area contributed by atoms with Crippen LogP contribution in [0.15, 0.2) is 18.2 Å². The molecule has 0 heterocycles. The predicted molar refractivity (Wildman–Crippen MR) is 82.6 cm³/mol. The van der Waals surface area contributed by atoms with Crippen LogP contribution in [0.1, 0.15) is 50.4 Å². The maximum absolute atomic E-state index is 5.99. The number of benzene rings is 1. The quantitative estimate of drug-likeness (QED) is 0.802. The summed E-state index contributed by atoms with van der Waals surface area (Å²) < 4.78 is 5.99. The lowest BCUT2D eigenvalue weighted by Gasteiger charge is -2.23. The van der Waals surface area contributed by atoms with Gasteiger partial charge in [0.1, 0.15) is 0 Å². The van der Waals surface area contributed by atoms with Crippen LogP contribution >= 0.6 is 0 Å². The molecular weight excluding hydrogens is 234 g/mol. The van der Waals surface area contributed by atoms with Gasteiger partial charge in [0.05, 0.1) is 18.8 Å². The van der Waals surface area contributed by atoms with Gasteiger partial charge in [-0.25, -0.2) is 0 Å². The average Bonchev–Trinajstić information content (AvgIpc) is 2.32. The number of likely N-dealkylation sites (N-methyl/N-ethyl adjacent to an activating group) is 1. The van der Waals surface area contributed by atoms with Crippen LogP contribution in [0.5, 0.6) is 0 Å². The molecule has 0 aliphatic rings. The number of hydrogen-bond acceptors (Lipinski definition) is 2. The number of nitrogens with one attached hydrogen (secondary N) is 1. The molecule has 108 valence electrons. The summed E-state index contributed by atoms with van der Waals surface area (Å²) in [4.78, 5) is 0. The van der Waals surface area contributed by atoms with E-state index in [9.17, 15) is 0 Å². The summed E-state index contributed by atoms with van der Waals surface area (Å²) in [5, 5.41) is 3.52. The molecule has 1 rings (SSSR count). The lowest BCUT2D eigenvalue weighted by molar-refractivity contribution is 0.0220. The van der Waals surface area contributed by atoms with Gasteiger partial charge >= 0.3 is 0 Å². The molecule has 1 aromatic carbocycles. The van der Waals surface area contributed by atoms with E-state index in [0.717, 1.165) is 13.2 Å². The Hall–Kier alpha value is -0.860. The van der Waals surface area contributed by atoms with Crippen molar-refractivity contribution in [1.82, 2.24) is 5.32 Å². The second-order valence-electron chi connectivity index (χ2n) is 5.81. The topological polar surface area (TPSA) is 21.3 Å². The number of hydrogen-bond donors (Lipinski definition) is 1. The van der Waals surface area contributed by atoms with Gasteiger partial charge in [0.25, 0.3) is 0 Å². The zero-order chi connectivity index (χ0) is 14.4. The Morgan fingerprint density at radius 1 is 1.05 bits per heavy atom. The van der Waals surface area contributed by atoms with Crippen molar-refractivity contribution in [2.45, 2.75) is 53.7 Å². The van der Waals surface area contributed by atoms with Crippen molar-refractivity contribution in [3.8, 4) is 0 Å². The molecule has 0 aromatic heterocycles. The van der Waals surface area contributed by atoms with E-state index in [-0.39, 0.29) is 6.04 Å². The van der Waals surface area contributed by atoms with Crippen molar-refractivity contribution in [3.63, 3.8) is 0 Å². The van der Waals surface area contributed by atoms with Crippen LogP contribution < -0.4 is 5.32 Å². The molecule has 0 radical (unpaired) electrons. The molecule has 0 bridgehead atoms.